The lowest BCUT2D eigenvalue weighted by Crippen LogP contribution is -2.34. The van der Waals surface area contributed by atoms with Crippen molar-refractivity contribution in [2.75, 3.05) is 0 Å². The molecule has 0 amide bonds. The summed E-state index contributed by atoms with van der Waals surface area (Å²) in [7, 11) is 0. The quantitative estimate of drug-likeness (QED) is 0.619. The van der Waals surface area contributed by atoms with Gasteiger partial charge < -0.3 is 10.8 Å². The van der Waals surface area contributed by atoms with Gasteiger partial charge in [-0.2, -0.15) is 0 Å². The average Bonchev–Trinajstić information content (AvgIpc) is 2.10. The molecule has 0 unspecified atom stereocenters. The molecule has 0 aliphatic rings. The Morgan fingerprint density at radius 2 is 1.58 bits per heavy atom. The number of unbranched alkanes of at least 4 members (excludes halogenated alkanes) is 2. The minimum absolute atomic E-state index is 0.00324. The lowest BCUT2D eigenvalue weighted by molar-refractivity contribution is 0.127. The number of rotatable bonds is 7. The minimum Gasteiger partial charge on any atom is -0.392 e. The molecular weight excluding hydrogens is 150 g/mol. The van der Waals surface area contributed by atoms with Crippen molar-refractivity contribution in [2.45, 2.75) is 64.5 Å². The Bertz CT molecular complexity index is 83.8. The maximum Gasteiger partial charge on any atom is 0.0691 e. The smallest absolute Gasteiger partial charge is 0.0691 e. The first kappa shape index (κ1) is 11.9. The van der Waals surface area contributed by atoms with Gasteiger partial charge in [0.1, 0.15) is 0 Å². The molecule has 0 aromatic carbocycles. The van der Waals surface area contributed by atoms with Gasteiger partial charge in [-0.05, 0) is 12.8 Å². The summed E-state index contributed by atoms with van der Waals surface area (Å²) in [5.74, 6) is 0. The van der Waals surface area contributed by atoms with Crippen LogP contribution in [-0.2, 0) is 0 Å². The van der Waals surface area contributed by atoms with Gasteiger partial charge in [0.25, 0.3) is 0 Å². The second-order valence-electron chi connectivity index (χ2n) is 3.52. The standard InChI is InChI=1S/C10H23NO/c1-3-5-7-9(11)10(12)8-6-4-2/h9-10,12H,3-8,11H2,1-2H3/t9-,10-/m0/s1. The topological polar surface area (TPSA) is 46.2 Å². The molecule has 0 rings (SSSR count). The van der Waals surface area contributed by atoms with Crippen LogP contribution >= 0.6 is 0 Å². The fraction of sp³-hybridized carbons (Fsp3) is 1.00. The van der Waals surface area contributed by atoms with E-state index in [1.165, 1.54) is 0 Å². The molecule has 2 nitrogen and oxygen atoms in total. The van der Waals surface area contributed by atoms with Gasteiger partial charge in [-0.15, -0.1) is 0 Å². The van der Waals surface area contributed by atoms with Crippen LogP contribution in [0.2, 0.25) is 0 Å². The fourth-order valence-corrected chi connectivity index (χ4v) is 1.26. The molecule has 2 heteroatoms. The third-order valence-electron chi connectivity index (χ3n) is 2.24. The van der Waals surface area contributed by atoms with Gasteiger partial charge in [0.2, 0.25) is 0 Å². The van der Waals surface area contributed by atoms with Crippen molar-refractivity contribution >= 4 is 0 Å². The first-order valence-electron chi connectivity index (χ1n) is 5.16. The molecule has 2 atom stereocenters. The summed E-state index contributed by atoms with van der Waals surface area (Å²) in [6, 6.07) is -0.00324. The number of hydrogen-bond donors (Lipinski definition) is 2. The van der Waals surface area contributed by atoms with Gasteiger partial charge in [-0.3, -0.25) is 0 Å². The molecule has 3 N–H and O–H groups in total. The lowest BCUT2D eigenvalue weighted by atomic mass is 10.0. The van der Waals surface area contributed by atoms with Crippen molar-refractivity contribution in [1.82, 2.24) is 0 Å². The molecule has 0 spiro atoms. The Kier molecular flexibility index (Phi) is 7.51. The monoisotopic (exact) mass is 173 g/mol. The first-order valence-corrected chi connectivity index (χ1v) is 5.16. The summed E-state index contributed by atoms with van der Waals surface area (Å²) in [5.41, 5.74) is 5.79. The predicted octanol–water partition coefficient (Wildman–Crippen LogP) is 2.05. The van der Waals surface area contributed by atoms with Crippen LogP contribution in [0.3, 0.4) is 0 Å². The molecule has 74 valence electrons. The van der Waals surface area contributed by atoms with Crippen molar-refractivity contribution in [3.63, 3.8) is 0 Å². The van der Waals surface area contributed by atoms with E-state index in [9.17, 15) is 5.11 Å². The summed E-state index contributed by atoms with van der Waals surface area (Å²) in [6.07, 6.45) is 6.05. The fourth-order valence-electron chi connectivity index (χ4n) is 1.26. The number of hydrogen-bond acceptors (Lipinski definition) is 2. The minimum atomic E-state index is -0.281. The van der Waals surface area contributed by atoms with E-state index in [2.05, 4.69) is 13.8 Å². The van der Waals surface area contributed by atoms with Crippen LogP contribution in [0, 0.1) is 0 Å². The van der Waals surface area contributed by atoms with E-state index < -0.39 is 0 Å². The van der Waals surface area contributed by atoms with Gasteiger partial charge in [0.15, 0.2) is 0 Å². The Morgan fingerprint density at radius 3 is 2.08 bits per heavy atom. The summed E-state index contributed by atoms with van der Waals surface area (Å²) >= 11 is 0. The van der Waals surface area contributed by atoms with Crippen molar-refractivity contribution < 1.29 is 5.11 Å². The van der Waals surface area contributed by atoms with E-state index >= 15 is 0 Å². The zero-order chi connectivity index (χ0) is 9.40. The molecule has 0 radical (unpaired) electrons. The van der Waals surface area contributed by atoms with Crippen LogP contribution in [0.5, 0.6) is 0 Å². The van der Waals surface area contributed by atoms with Crippen molar-refractivity contribution in [2.24, 2.45) is 5.73 Å². The molecule has 0 saturated carbocycles. The van der Waals surface area contributed by atoms with E-state index in [0.717, 1.165) is 38.5 Å². The van der Waals surface area contributed by atoms with Gasteiger partial charge in [0, 0.05) is 6.04 Å². The molecule has 12 heavy (non-hydrogen) atoms. The van der Waals surface area contributed by atoms with Crippen LogP contribution in [0.4, 0.5) is 0 Å². The van der Waals surface area contributed by atoms with Gasteiger partial charge in [-0.25, -0.2) is 0 Å². The van der Waals surface area contributed by atoms with E-state index in [0.29, 0.717) is 0 Å². The summed E-state index contributed by atoms with van der Waals surface area (Å²) < 4.78 is 0. The molecule has 0 aromatic heterocycles. The Labute approximate surface area is 76.2 Å². The molecule has 0 bridgehead atoms. The number of aliphatic hydroxyl groups is 1. The largest absolute Gasteiger partial charge is 0.392 e. The normalized spacial score (nSPS) is 16.0. The third-order valence-corrected chi connectivity index (χ3v) is 2.24. The first-order chi connectivity index (χ1) is 5.72. The number of aliphatic hydroxyl groups excluding tert-OH is 1. The highest BCUT2D eigenvalue weighted by Crippen LogP contribution is 2.08. The molecule has 0 aliphatic heterocycles. The summed E-state index contributed by atoms with van der Waals surface area (Å²) in [5, 5.41) is 9.55. The van der Waals surface area contributed by atoms with Crippen LogP contribution in [0.15, 0.2) is 0 Å². The van der Waals surface area contributed by atoms with E-state index in [-0.39, 0.29) is 12.1 Å². The van der Waals surface area contributed by atoms with Crippen LogP contribution < -0.4 is 5.73 Å². The van der Waals surface area contributed by atoms with Crippen molar-refractivity contribution in [1.29, 1.82) is 0 Å². The second kappa shape index (κ2) is 7.56. The highest BCUT2D eigenvalue weighted by Gasteiger charge is 2.12. The Morgan fingerprint density at radius 1 is 1.08 bits per heavy atom. The molecular formula is C10H23NO. The molecule has 0 aliphatic carbocycles. The van der Waals surface area contributed by atoms with E-state index in [4.69, 9.17) is 5.73 Å². The zero-order valence-electron chi connectivity index (χ0n) is 8.42. The van der Waals surface area contributed by atoms with E-state index in [1.807, 2.05) is 0 Å². The van der Waals surface area contributed by atoms with Gasteiger partial charge in [0.05, 0.1) is 6.10 Å². The average molecular weight is 173 g/mol. The van der Waals surface area contributed by atoms with Crippen LogP contribution in [-0.4, -0.2) is 17.3 Å². The predicted molar refractivity (Wildman–Crippen MR) is 53.0 cm³/mol. The summed E-state index contributed by atoms with van der Waals surface area (Å²) in [6.45, 7) is 4.27. The molecule has 0 saturated heterocycles. The summed E-state index contributed by atoms with van der Waals surface area (Å²) in [4.78, 5) is 0. The Hall–Kier alpha value is -0.0800. The van der Waals surface area contributed by atoms with Crippen LogP contribution in [0.1, 0.15) is 52.4 Å². The van der Waals surface area contributed by atoms with E-state index in [1.54, 1.807) is 0 Å². The maximum absolute atomic E-state index is 9.55. The SMILES string of the molecule is CCCC[C@H](N)[C@@H](O)CCCC. The molecule has 0 fully saturated rings. The highest BCUT2D eigenvalue weighted by atomic mass is 16.3. The highest BCUT2D eigenvalue weighted by molar-refractivity contribution is 4.71. The third kappa shape index (κ3) is 5.56. The zero-order valence-corrected chi connectivity index (χ0v) is 8.42. The van der Waals surface area contributed by atoms with Crippen molar-refractivity contribution in [3.05, 3.63) is 0 Å². The van der Waals surface area contributed by atoms with Gasteiger partial charge in [-0.1, -0.05) is 39.5 Å². The second-order valence-corrected chi connectivity index (χ2v) is 3.52. The molecule has 0 heterocycles. The Balaban J connectivity index is 3.39. The molecule has 0 aromatic rings. The van der Waals surface area contributed by atoms with Gasteiger partial charge >= 0.3 is 0 Å². The van der Waals surface area contributed by atoms with Crippen molar-refractivity contribution in [3.8, 4) is 0 Å². The van der Waals surface area contributed by atoms with Crippen LogP contribution in [0.25, 0.3) is 0 Å². The number of nitrogens with two attached hydrogens (primary N) is 1. The maximum atomic E-state index is 9.55. The lowest BCUT2D eigenvalue weighted by Gasteiger charge is -2.17.